The van der Waals surface area contributed by atoms with Crippen LogP contribution in [0.5, 0.6) is 11.5 Å². The number of nitrogens with zero attached hydrogens (tertiary/aromatic N) is 1. The van der Waals surface area contributed by atoms with E-state index in [4.69, 9.17) is 13.9 Å². The Morgan fingerprint density at radius 3 is 2.32 bits per heavy atom. The van der Waals surface area contributed by atoms with Crippen LogP contribution in [0.3, 0.4) is 0 Å². The fourth-order valence-corrected chi connectivity index (χ4v) is 4.57. The third kappa shape index (κ3) is 3.92. The zero-order valence-corrected chi connectivity index (χ0v) is 20.3. The molecule has 2 heterocycles. The van der Waals surface area contributed by atoms with Crippen molar-refractivity contribution >= 4 is 16.7 Å². The number of benzene rings is 3. The Bertz CT molecular complexity index is 1410. The van der Waals surface area contributed by atoms with Crippen LogP contribution in [0.25, 0.3) is 22.1 Å². The summed E-state index contributed by atoms with van der Waals surface area (Å²) in [4.78, 5) is 14.6. The van der Waals surface area contributed by atoms with E-state index in [9.17, 15) is 4.79 Å². The van der Waals surface area contributed by atoms with Gasteiger partial charge in [-0.3, -0.25) is 0 Å². The second kappa shape index (κ2) is 8.24. The minimum atomic E-state index is -0.377. The topological polar surface area (TPSA) is 51.9 Å². The molecule has 34 heavy (non-hydrogen) atoms. The summed E-state index contributed by atoms with van der Waals surface area (Å²) in [5.74, 6) is 1.57. The summed E-state index contributed by atoms with van der Waals surface area (Å²) in [5.41, 5.74) is 6.42. The van der Waals surface area contributed by atoms with Gasteiger partial charge in [0.2, 0.25) is 0 Å². The maximum Gasteiger partial charge on any atom is 0.336 e. The number of hydrogen-bond acceptors (Lipinski definition) is 5. The lowest BCUT2D eigenvalue weighted by atomic mass is 9.87. The number of ether oxygens (including phenoxy) is 2. The predicted molar refractivity (Wildman–Crippen MR) is 136 cm³/mol. The third-order valence-electron chi connectivity index (χ3n) is 6.52. The summed E-state index contributed by atoms with van der Waals surface area (Å²) in [6.07, 6.45) is 0. The molecule has 0 unspecified atom stereocenters. The van der Waals surface area contributed by atoms with E-state index in [-0.39, 0.29) is 11.0 Å². The summed E-state index contributed by atoms with van der Waals surface area (Å²) in [6, 6.07) is 20.1. The van der Waals surface area contributed by atoms with Gasteiger partial charge in [-0.2, -0.15) is 0 Å². The Labute approximate surface area is 199 Å². The lowest BCUT2D eigenvalue weighted by molar-refractivity contribution is 0.287. The Balaban J connectivity index is 1.57. The Morgan fingerprint density at radius 1 is 0.971 bits per heavy atom. The molecule has 0 bridgehead atoms. The molecule has 3 aromatic carbocycles. The molecular formula is C29H29NO4. The van der Waals surface area contributed by atoms with E-state index in [1.54, 1.807) is 13.2 Å². The van der Waals surface area contributed by atoms with Gasteiger partial charge in [-0.25, -0.2) is 4.79 Å². The summed E-state index contributed by atoms with van der Waals surface area (Å²) < 4.78 is 17.1. The molecule has 0 radical (unpaired) electrons. The molecule has 0 amide bonds. The van der Waals surface area contributed by atoms with Crippen LogP contribution in [0.15, 0.2) is 69.9 Å². The first-order valence-electron chi connectivity index (χ1n) is 11.5. The standard InChI is InChI=1S/C29H29NO4/c1-18-27-20(16-30(17-33-27)22-10-8-21(9-11-22)29(2,3)4)14-25-24(15-26(31)34-28(18)25)19-6-12-23(32-5)13-7-19/h6-15H,16-17H2,1-5H3. The number of aryl methyl sites for hydroxylation is 1. The van der Waals surface area contributed by atoms with E-state index in [0.29, 0.717) is 18.9 Å². The predicted octanol–water partition coefficient (Wildman–Crippen LogP) is 6.43. The molecule has 5 heteroatoms. The molecule has 5 nitrogen and oxygen atoms in total. The molecule has 0 aliphatic carbocycles. The van der Waals surface area contributed by atoms with Crippen molar-refractivity contribution in [3.05, 3.63) is 87.8 Å². The van der Waals surface area contributed by atoms with Gasteiger partial charge < -0.3 is 18.8 Å². The van der Waals surface area contributed by atoms with Crippen LogP contribution < -0.4 is 20.0 Å². The fourth-order valence-electron chi connectivity index (χ4n) is 4.57. The average Bonchev–Trinajstić information content (AvgIpc) is 2.83. The molecule has 0 spiro atoms. The van der Waals surface area contributed by atoms with Gasteiger partial charge in [-0.05, 0) is 59.4 Å². The molecule has 0 N–H and O–H groups in total. The van der Waals surface area contributed by atoms with Crippen molar-refractivity contribution < 1.29 is 13.9 Å². The van der Waals surface area contributed by atoms with E-state index < -0.39 is 0 Å². The lowest BCUT2D eigenvalue weighted by Crippen LogP contribution is -2.32. The van der Waals surface area contributed by atoms with Crippen molar-refractivity contribution in [1.82, 2.24) is 0 Å². The van der Waals surface area contributed by atoms with Gasteiger partial charge in [-0.15, -0.1) is 0 Å². The first-order chi connectivity index (χ1) is 16.2. The smallest absolute Gasteiger partial charge is 0.336 e. The van der Waals surface area contributed by atoms with Gasteiger partial charge in [0, 0.05) is 34.8 Å². The molecule has 0 saturated carbocycles. The molecule has 0 saturated heterocycles. The van der Waals surface area contributed by atoms with E-state index in [1.807, 2.05) is 31.2 Å². The molecule has 1 aromatic heterocycles. The molecule has 174 valence electrons. The van der Waals surface area contributed by atoms with Gasteiger partial charge >= 0.3 is 5.63 Å². The molecule has 4 aromatic rings. The highest BCUT2D eigenvalue weighted by molar-refractivity contribution is 5.96. The highest BCUT2D eigenvalue weighted by Crippen LogP contribution is 2.39. The Morgan fingerprint density at radius 2 is 1.68 bits per heavy atom. The normalized spacial score (nSPS) is 13.5. The maximum atomic E-state index is 12.4. The zero-order valence-electron chi connectivity index (χ0n) is 20.3. The second-order valence-electron chi connectivity index (χ2n) is 9.84. The molecule has 1 aliphatic heterocycles. The van der Waals surface area contributed by atoms with Gasteiger partial charge in [0.25, 0.3) is 0 Å². The number of rotatable bonds is 3. The molecule has 5 rings (SSSR count). The summed E-state index contributed by atoms with van der Waals surface area (Å²) in [6.45, 7) is 9.76. The number of fused-ring (bicyclic) bond motifs is 2. The van der Waals surface area contributed by atoms with Gasteiger partial charge in [0.1, 0.15) is 17.1 Å². The monoisotopic (exact) mass is 455 g/mol. The molecule has 0 atom stereocenters. The van der Waals surface area contributed by atoms with Crippen LogP contribution >= 0.6 is 0 Å². The summed E-state index contributed by atoms with van der Waals surface area (Å²) >= 11 is 0. The van der Waals surface area contributed by atoms with Crippen LogP contribution in [0.1, 0.15) is 37.5 Å². The summed E-state index contributed by atoms with van der Waals surface area (Å²) in [5, 5.41) is 0.898. The third-order valence-corrected chi connectivity index (χ3v) is 6.52. The highest BCUT2D eigenvalue weighted by Gasteiger charge is 2.24. The highest BCUT2D eigenvalue weighted by atomic mass is 16.5. The van der Waals surface area contributed by atoms with Crippen LogP contribution in [-0.2, 0) is 12.0 Å². The van der Waals surface area contributed by atoms with Crippen LogP contribution in [0.2, 0.25) is 0 Å². The zero-order chi connectivity index (χ0) is 24.0. The summed E-state index contributed by atoms with van der Waals surface area (Å²) in [7, 11) is 1.64. The van der Waals surface area contributed by atoms with Crippen molar-refractivity contribution in [3.63, 3.8) is 0 Å². The molecular weight excluding hydrogens is 426 g/mol. The van der Waals surface area contributed by atoms with Crippen molar-refractivity contribution in [1.29, 1.82) is 0 Å². The van der Waals surface area contributed by atoms with Crippen molar-refractivity contribution in [2.45, 2.75) is 39.7 Å². The number of methoxy groups -OCH3 is 1. The van der Waals surface area contributed by atoms with E-state index >= 15 is 0 Å². The Hall–Kier alpha value is -3.73. The Kier molecular flexibility index (Phi) is 5.35. The maximum absolute atomic E-state index is 12.4. The average molecular weight is 456 g/mol. The quantitative estimate of drug-likeness (QED) is 0.333. The number of hydrogen-bond donors (Lipinski definition) is 0. The van der Waals surface area contributed by atoms with Gasteiger partial charge in [0.05, 0.1) is 7.11 Å². The minimum Gasteiger partial charge on any atom is -0.497 e. The fraction of sp³-hybridized carbons (Fsp3) is 0.276. The van der Waals surface area contributed by atoms with E-state index in [0.717, 1.165) is 44.8 Å². The van der Waals surface area contributed by atoms with Crippen LogP contribution in [0.4, 0.5) is 5.69 Å². The van der Waals surface area contributed by atoms with Crippen molar-refractivity contribution in [3.8, 4) is 22.6 Å². The van der Waals surface area contributed by atoms with Gasteiger partial charge in [0.15, 0.2) is 6.73 Å². The minimum absolute atomic E-state index is 0.112. The first-order valence-corrected chi connectivity index (χ1v) is 11.5. The van der Waals surface area contributed by atoms with Crippen molar-refractivity contribution in [2.24, 2.45) is 0 Å². The van der Waals surface area contributed by atoms with Crippen molar-refractivity contribution in [2.75, 3.05) is 18.7 Å². The largest absolute Gasteiger partial charge is 0.497 e. The van der Waals surface area contributed by atoms with E-state index in [2.05, 4.69) is 56.0 Å². The lowest BCUT2D eigenvalue weighted by Gasteiger charge is -2.32. The molecule has 0 fully saturated rings. The molecule has 1 aliphatic rings. The SMILES string of the molecule is COc1ccc(-c2cc(=O)oc3c(C)c4c(cc23)CN(c2ccc(C(C)(C)C)cc2)CO4)cc1. The second-order valence-corrected chi connectivity index (χ2v) is 9.84. The first kappa shape index (κ1) is 22.1. The van der Waals surface area contributed by atoms with Crippen LogP contribution in [0, 0.1) is 6.92 Å². The van der Waals surface area contributed by atoms with Gasteiger partial charge in [-0.1, -0.05) is 45.0 Å². The van der Waals surface area contributed by atoms with Crippen LogP contribution in [-0.4, -0.2) is 13.8 Å². The number of anilines is 1. The van der Waals surface area contributed by atoms with E-state index in [1.165, 1.54) is 5.56 Å².